The van der Waals surface area contributed by atoms with E-state index in [1.165, 1.54) is 0 Å². The van der Waals surface area contributed by atoms with Crippen LogP contribution in [0.4, 0.5) is 4.79 Å². The molecule has 0 heterocycles. The van der Waals surface area contributed by atoms with E-state index in [2.05, 4.69) is 5.32 Å². The summed E-state index contributed by atoms with van der Waals surface area (Å²) in [5.74, 6) is -0.407. The van der Waals surface area contributed by atoms with Crippen LogP contribution in [0.1, 0.15) is 18.4 Å². The van der Waals surface area contributed by atoms with Crippen molar-refractivity contribution in [2.45, 2.75) is 25.5 Å². The predicted octanol–water partition coefficient (Wildman–Crippen LogP) is 1.18. The van der Waals surface area contributed by atoms with E-state index < -0.39 is 6.09 Å². The molecular weight excluding hydrogens is 232 g/mol. The molecule has 2 amide bonds. The van der Waals surface area contributed by atoms with Gasteiger partial charge in [0.15, 0.2) is 0 Å². The smallest absolute Gasteiger partial charge is 0.407 e. The standard InChI is InChI=1S/C13H16N2O3/c14-12(16)10-6-11(7-10)15-13(17)18-8-9-4-2-1-3-5-9/h1-5,10-11H,6-8H2,(H2,14,16)(H,15,17). The van der Waals surface area contributed by atoms with Crippen LogP contribution in [0.15, 0.2) is 30.3 Å². The average Bonchev–Trinajstić information content (AvgIpc) is 2.31. The Hall–Kier alpha value is -2.04. The van der Waals surface area contributed by atoms with Crippen LogP contribution in [-0.4, -0.2) is 18.0 Å². The van der Waals surface area contributed by atoms with Crippen molar-refractivity contribution < 1.29 is 14.3 Å². The van der Waals surface area contributed by atoms with Crippen LogP contribution < -0.4 is 11.1 Å². The van der Waals surface area contributed by atoms with Crippen molar-refractivity contribution in [2.75, 3.05) is 0 Å². The van der Waals surface area contributed by atoms with E-state index in [0.29, 0.717) is 12.8 Å². The molecule has 5 nitrogen and oxygen atoms in total. The van der Waals surface area contributed by atoms with Gasteiger partial charge in [0.25, 0.3) is 0 Å². The summed E-state index contributed by atoms with van der Waals surface area (Å²) in [7, 11) is 0. The fraction of sp³-hybridized carbons (Fsp3) is 0.385. The number of carbonyl (C=O) groups is 2. The lowest BCUT2D eigenvalue weighted by Crippen LogP contribution is -2.48. The van der Waals surface area contributed by atoms with Crippen LogP contribution in [0.5, 0.6) is 0 Å². The minimum Gasteiger partial charge on any atom is -0.445 e. The number of nitrogens with two attached hydrogens (primary N) is 1. The molecule has 3 N–H and O–H groups in total. The minimum atomic E-state index is -0.452. The molecule has 1 saturated carbocycles. The highest BCUT2D eigenvalue weighted by Gasteiger charge is 2.34. The van der Waals surface area contributed by atoms with Crippen LogP contribution in [0, 0.1) is 5.92 Å². The number of nitrogens with one attached hydrogen (secondary N) is 1. The van der Waals surface area contributed by atoms with E-state index in [0.717, 1.165) is 5.56 Å². The van der Waals surface area contributed by atoms with Gasteiger partial charge >= 0.3 is 6.09 Å². The van der Waals surface area contributed by atoms with Gasteiger partial charge in [-0.05, 0) is 18.4 Å². The summed E-state index contributed by atoms with van der Waals surface area (Å²) in [6.07, 6.45) is 0.762. The Morgan fingerprint density at radius 1 is 1.28 bits per heavy atom. The first-order valence-electron chi connectivity index (χ1n) is 5.91. The van der Waals surface area contributed by atoms with E-state index in [1.54, 1.807) is 0 Å². The molecule has 0 atom stereocenters. The van der Waals surface area contributed by atoms with Crippen molar-refractivity contribution in [2.24, 2.45) is 11.7 Å². The number of primary amides is 1. The lowest BCUT2D eigenvalue weighted by Gasteiger charge is -2.33. The van der Waals surface area contributed by atoms with Gasteiger partial charge in [0.2, 0.25) is 5.91 Å². The van der Waals surface area contributed by atoms with Crippen molar-refractivity contribution in [3.8, 4) is 0 Å². The van der Waals surface area contributed by atoms with Crippen LogP contribution in [0.25, 0.3) is 0 Å². The Morgan fingerprint density at radius 2 is 1.94 bits per heavy atom. The van der Waals surface area contributed by atoms with Gasteiger partial charge in [-0.1, -0.05) is 30.3 Å². The molecule has 0 radical (unpaired) electrons. The van der Waals surface area contributed by atoms with Crippen LogP contribution in [-0.2, 0) is 16.1 Å². The molecule has 1 aromatic rings. The molecule has 1 fully saturated rings. The van der Waals surface area contributed by atoms with Gasteiger partial charge in [0.05, 0.1) is 0 Å². The Bertz CT molecular complexity index is 427. The second-order valence-corrected chi connectivity index (χ2v) is 4.47. The number of hydrogen-bond donors (Lipinski definition) is 2. The van der Waals surface area contributed by atoms with Gasteiger partial charge < -0.3 is 15.8 Å². The molecule has 0 spiro atoms. The maximum Gasteiger partial charge on any atom is 0.407 e. The fourth-order valence-electron chi connectivity index (χ4n) is 1.90. The quantitative estimate of drug-likeness (QED) is 0.839. The molecule has 18 heavy (non-hydrogen) atoms. The van der Waals surface area contributed by atoms with E-state index in [9.17, 15) is 9.59 Å². The van der Waals surface area contributed by atoms with Gasteiger partial charge in [-0.2, -0.15) is 0 Å². The highest BCUT2D eigenvalue weighted by molar-refractivity contribution is 5.78. The third kappa shape index (κ3) is 3.23. The lowest BCUT2D eigenvalue weighted by atomic mass is 9.80. The zero-order valence-corrected chi connectivity index (χ0v) is 9.96. The maximum atomic E-state index is 11.4. The first-order valence-corrected chi connectivity index (χ1v) is 5.91. The van der Waals surface area contributed by atoms with Gasteiger partial charge in [0, 0.05) is 12.0 Å². The molecule has 5 heteroatoms. The Balaban J connectivity index is 1.66. The predicted molar refractivity (Wildman–Crippen MR) is 65.5 cm³/mol. The molecule has 0 aromatic heterocycles. The van der Waals surface area contributed by atoms with Gasteiger partial charge in [-0.3, -0.25) is 4.79 Å². The molecule has 2 rings (SSSR count). The molecule has 0 bridgehead atoms. The molecule has 0 unspecified atom stereocenters. The summed E-state index contributed by atoms with van der Waals surface area (Å²) < 4.78 is 5.06. The van der Waals surface area contributed by atoms with Crippen molar-refractivity contribution >= 4 is 12.0 Å². The van der Waals surface area contributed by atoms with Crippen LogP contribution in [0.2, 0.25) is 0 Å². The number of amides is 2. The minimum absolute atomic E-state index is 0.00535. The summed E-state index contributed by atoms with van der Waals surface area (Å²) in [5, 5.41) is 2.70. The number of rotatable bonds is 4. The zero-order chi connectivity index (χ0) is 13.0. The lowest BCUT2D eigenvalue weighted by molar-refractivity contribution is -0.124. The number of benzene rings is 1. The number of hydrogen-bond acceptors (Lipinski definition) is 3. The van der Waals surface area contributed by atoms with Gasteiger partial charge in [0.1, 0.15) is 6.61 Å². The highest BCUT2D eigenvalue weighted by atomic mass is 16.5. The molecule has 1 aliphatic rings. The number of carbonyl (C=O) groups excluding carboxylic acids is 2. The third-order valence-electron chi connectivity index (χ3n) is 3.08. The third-order valence-corrected chi connectivity index (χ3v) is 3.08. The van der Waals surface area contributed by atoms with Crippen LogP contribution >= 0.6 is 0 Å². The molecule has 0 aliphatic heterocycles. The molecule has 96 valence electrons. The van der Waals surface area contributed by atoms with Crippen molar-refractivity contribution in [1.29, 1.82) is 0 Å². The first-order chi connectivity index (χ1) is 8.65. The Labute approximate surface area is 105 Å². The second kappa shape index (κ2) is 5.53. The average molecular weight is 248 g/mol. The zero-order valence-electron chi connectivity index (χ0n) is 9.96. The van der Waals surface area contributed by atoms with E-state index in [-0.39, 0.29) is 24.5 Å². The number of alkyl carbamates (subject to hydrolysis) is 1. The molecule has 0 saturated heterocycles. The fourth-order valence-corrected chi connectivity index (χ4v) is 1.90. The molecule has 1 aliphatic carbocycles. The first kappa shape index (κ1) is 12.4. The van der Waals surface area contributed by atoms with Gasteiger partial charge in [-0.25, -0.2) is 4.79 Å². The van der Waals surface area contributed by atoms with E-state index in [4.69, 9.17) is 10.5 Å². The largest absolute Gasteiger partial charge is 0.445 e. The van der Waals surface area contributed by atoms with Crippen molar-refractivity contribution in [1.82, 2.24) is 5.32 Å². The van der Waals surface area contributed by atoms with Crippen molar-refractivity contribution in [3.05, 3.63) is 35.9 Å². The monoisotopic (exact) mass is 248 g/mol. The molecular formula is C13H16N2O3. The van der Waals surface area contributed by atoms with Crippen LogP contribution in [0.3, 0.4) is 0 Å². The summed E-state index contributed by atoms with van der Waals surface area (Å²) >= 11 is 0. The maximum absolute atomic E-state index is 11.4. The summed E-state index contributed by atoms with van der Waals surface area (Å²) in [4.78, 5) is 22.2. The summed E-state index contributed by atoms with van der Waals surface area (Å²) in [6, 6.07) is 9.47. The normalized spacial score (nSPS) is 21.8. The summed E-state index contributed by atoms with van der Waals surface area (Å²) in [5.41, 5.74) is 6.08. The second-order valence-electron chi connectivity index (χ2n) is 4.47. The molecule has 1 aromatic carbocycles. The SMILES string of the molecule is NC(=O)C1CC(NC(=O)OCc2ccccc2)C1. The topological polar surface area (TPSA) is 81.4 Å². The summed E-state index contributed by atoms with van der Waals surface area (Å²) in [6.45, 7) is 0.249. The van der Waals surface area contributed by atoms with E-state index >= 15 is 0 Å². The van der Waals surface area contributed by atoms with Crippen molar-refractivity contribution in [3.63, 3.8) is 0 Å². The number of ether oxygens (including phenoxy) is 1. The highest BCUT2D eigenvalue weighted by Crippen LogP contribution is 2.26. The Morgan fingerprint density at radius 3 is 2.56 bits per heavy atom. The van der Waals surface area contributed by atoms with E-state index in [1.807, 2.05) is 30.3 Å². The van der Waals surface area contributed by atoms with Gasteiger partial charge in [-0.15, -0.1) is 0 Å². The Kier molecular flexibility index (Phi) is 3.82.